The molecule has 4 rings (SSSR count). The van der Waals surface area contributed by atoms with Crippen molar-refractivity contribution in [2.75, 3.05) is 5.32 Å². The van der Waals surface area contributed by atoms with Crippen molar-refractivity contribution in [3.63, 3.8) is 0 Å². The van der Waals surface area contributed by atoms with Crippen LogP contribution >= 0.6 is 15.9 Å². The zero-order chi connectivity index (χ0) is 22.3. The number of aromatic amines is 1. The van der Waals surface area contributed by atoms with Gasteiger partial charge in [-0.1, -0.05) is 6.07 Å². The molecule has 31 heavy (non-hydrogen) atoms. The summed E-state index contributed by atoms with van der Waals surface area (Å²) in [6, 6.07) is 7.81. The number of halogens is 5. The van der Waals surface area contributed by atoms with Gasteiger partial charge in [-0.15, -0.1) is 0 Å². The fourth-order valence-electron chi connectivity index (χ4n) is 4.14. The second kappa shape index (κ2) is 8.14. The SMILES string of the molecule is O=C(Nc1ccc(C(F)(F)F)c(F)c1)C1CCC(n2c(=O)[nH]c3c(Br)cccc32)CC1. The van der Waals surface area contributed by atoms with Crippen LogP contribution < -0.4 is 11.0 Å². The number of rotatable bonds is 3. The maximum atomic E-state index is 13.7. The summed E-state index contributed by atoms with van der Waals surface area (Å²) < 4.78 is 54.3. The van der Waals surface area contributed by atoms with Crippen LogP contribution in [0.1, 0.15) is 37.3 Å². The first-order valence-electron chi connectivity index (χ1n) is 9.71. The van der Waals surface area contributed by atoms with Crippen LogP contribution in [0.15, 0.2) is 45.7 Å². The number of para-hydroxylation sites is 1. The van der Waals surface area contributed by atoms with Gasteiger partial charge in [0.25, 0.3) is 0 Å². The molecule has 5 nitrogen and oxygen atoms in total. The summed E-state index contributed by atoms with van der Waals surface area (Å²) in [6.07, 6.45) is -2.59. The Morgan fingerprint density at radius 3 is 2.48 bits per heavy atom. The monoisotopic (exact) mass is 499 g/mol. The standard InChI is InChI=1S/C21H18BrF4N3O2/c22-15-2-1-3-17-18(15)28-20(31)29(17)13-7-4-11(5-8-13)19(30)27-12-6-9-14(16(23)10-12)21(24,25)26/h1-3,6,9-11,13H,4-5,7-8H2,(H,27,30)(H,28,31). The van der Waals surface area contributed by atoms with E-state index >= 15 is 0 Å². The average Bonchev–Trinajstić information content (AvgIpc) is 3.04. The number of amides is 1. The van der Waals surface area contributed by atoms with Crippen LogP contribution in [0.5, 0.6) is 0 Å². The van der Waals surface area contributed by atoms with Crippen molar-refractivity contribution in [2.24, 2.45) is 5.92 Å². The number of hydrogen-bond donors (Lipinski definition) is 2. The summed E-state index contributed by atoms with van der Waals surface area (Å²) in [5.41, 5.74) is -0.101. The third-order valence-corrected chi connectivity index (χ3v) is 6.34. The van der Waals surface area contributed by atoms with Crippen molar-refractivity contribution in [3.8, 4) is 0 Å². The van der Waals surface area contributed by atoms with Gasteiger partial charge in [0.05, 0.1) is 16.6 Å². The second-order valence-electron chi connectivity index (χ2n) is 7.62. The number of imidazole rings is 1. The highest BCUT2D eigenvalue weighted by Gasteiger charge is 2.34. The summed E-state index contributed by atoms with van der Waals surface area (Å²) in [5.74, 6) is -2.17. The van der Waals surface area contributed by atoms with Gasteiger partial charge in [0, 0.05) is 22.1 Å². The summed E-state index contributed by atoms with van der Waals surface area (Å²) in [6.45, 7) is 0. The van der Waals surface area contributed by atoms with E-state index in [1.807, 2.05) is 18.2 Å². The molecule has 1 saturated carbocycles. The highest BCUT2D eigenvalue weighted by atomic mass is 79.9. The molecule has 0 saturated heterocycles. The summed E-state index contributed by atoms with van der Waals surface area (Å²) in [5, 5.41) is 2.50. The van der Waals surface area contributed by atoms with Crippen molar-refractivity contribution < 1.29 is 22.4 Å². The molecule has 164 valence electrons. The van der Waals surface area contributed by atoms with Crippen LogP contribution in [0.2, 0.25) is 0 Å². The molecular formula is C21H18BrF4N3O2. The zero-order valence-electron chi connectivity index (χ0n) is 16.1. The molecule has 10 heteroatoms. The van der Waals surface area contributed by atoms with Gasteiger partial charge in [-0.3, -0.25) is 9.36 Å². The largest absolute Gasteiger partial charge is 0.419 e. The number of anilines is 1. The first kappa shape index (κ1) is 21.6. The lowest BCUT2D eigenvalue weighted by atomic mass is 9.85. The Kier molecular flexibility index (Phi) is 5.67. The molecule has 1 aromatic heterocycles. The number of H-pyrrole nitrogens is 1. The Morgan fingerprint density at radius 1 is 1.13 bits per heavy atom. The van der Waals surface area contributed by atoms with Crippen molar-refractivity contribution >= 4 is 38.6 Å². The Bertz CT molecular complexity index is 1190. The summed E-state index contributed by atoms with van der Waals surface area (Å²) in [4.78, 5) is 27.9. The average molecular weight is 500 g/mol. The van der Waals surface area contributed by atoms with Gasteiger partial charge >= 0.3 is 11.9 Å². The van der Waals surface area contributed by atoms with E-state index in [0.29, 0.717) is 37.8 Å². The predicted molar refractivity (Wildman–Crippen MR) is 111 cm³/mol. The smallest absolute Gasteiger partial charge is 0.326 e. The van der Waals surface area contributed by atoms with Crippen LogP contribution in [0.3, 0.4) is 0 Å². The Balaban J connectivity index is 1.43. The van der Waals surface area contributed by atoms with Crippen molar-refractivity contribution in [1.29, 1.82) is 0 Å². The third-order valence-electron chi connectivity index (χ3n) is 5.68. The van der Waals surface area contributed by atoms with Gasteiger partial charge in [-0.05, 0) is 71.9 Å². The molecule has 1 heterocycles. The van der Waals surface area contributed by atoms with E-state index in [2.05, 4.69) is 26.2 Å². The van der Waals surface area contributed by atoms with E-state index in [1.54, 1.807) is 4.57 Å². The summed E-state index contributed by atoms with van der Waals surface area (Å²) >= 11 is 3.42. The lowest BCUT2D eigenvalue weighted by molar-refractivity contribution is -0.140. The second-order valence-corrected chi connectivity index (χ2v) is 8.48. The van der Waals surface area contributed by atoms with Gasteiger partial charge in [-0.2, -0.15) is 13.2 Å². The van der Waals surface area contributed by atoms with Crippen molar-refractivity contribution in [3.05, 3.63) is 62.7 Å². The van der Waals surface area contributed by atoms with E-state index in [4.69, 9.17) is 0 Å². The predicted octanol–water partition coefficient (Wildman–Crippen LogP) is 5.62. The number of nitrogens with one attached hydrogen (secondary N) is 2. The normalized spacial score (nSPS) is 19.5. The first-order chi connectivity index (χ1) is 14.6. The van der Waals surface area contributed by atoms with Crippen molar-refractivity contribution in [2.45, 2.75) is 37.9 Å². The number of aromatic nitrogens is 2. The number of alkyl halides is 3. The molecule has 1 aliphatic carbocycles. The zero-order valence-corrected chi connectivity index (χ0v) is 17.7. The van der Waals surface area contributed by atoms with Crippen LogP contribution in [0.4, 0.5) is 23.2 Å². The minimum Gasteiger partial charge on any atom is -0.326 e. The minimum absolute atomic E-state index is 0.0182. The van der Waals surface area contributed by atoms with Gasteiger partial charge < -0.3 is 10.3 Å². The minimum atomic E-state index is -4.79. The number of benzene rings is 2. The third kappa shape index (κ3) is 4.26. The molecule has 0 atom stereocenters. The van der Waals surface area contributed by atoms with Gasteiger partial charge in [0.15, 0.2) is 0 Å². The molecule has 1 fully saturated rings. The van der Waals surface area contributed by atoms with E-state index in [1.165, 1.54) is 0 Å². The molecule has 0 radical (unpaired) electrons. The Hall–Kier alpha value is -2.62. The number of fused-ring (bicyclic) bond motifs is 1. The fourth-order valence-corrected chi connectivity index (χ4v) is 4.59. The van der Waals surface area contributed by atoms with Crippen LogP contribution in [0, 0.1) is 11.7 Å². The molecular weight excluding hydrogens is 482 g/mol. The lowest BCUT2D eigenvalue weighted by Gasteiger charge is -2.28. The molecule has 0 spiro atoms. The van der Waals surface area contributed by atoms with E-state index < -0.39 is 17.6 Å². The quantitative estimate of drug-likeness (QED) is 0.459. The Morgan fingerprint density at radius 2 is 1.84 bits per heavy atom. The lowest BCUT2D eigenvalue weighted by Crippen LogP contribution is -2.31. The molecule has 0 bridgehead atoms. The summed E-state index contributed by atoms with van der Waals surface area (Å²) in [7, 11) is 0. The van der Waals surface area contributed by atoms with E-state index in [-0.39, 0.29) is 29.2 Å². The van der Waals surface area contributed by atoms with Gasteiger partial charge in [0.1, 0.15) is 5.82 Å². The maximum Gasteiger partial charge on any atom is 0.419 e. The first-order valence-corrected chi connectivity index (χ1v) is 10.5. The van der Waals surface area contributed by atoms with Gasteiger partial charge in [-0.25, -0.2) is 9.18 Å². The molecule has 2 N–H and O–H groups in total. The molecule has 1 amide bonds. The number of carbonyl (C=O) groups is 1. The number of hydrogen-bond acceptors (Lipinski definition) is 2. The topological polar surface area (TPSA) is 66.9 Å². The number of nitrogens with zero attached hydrogens (tertiary/aromatic N) is 1. The van der Waals surface area contributed by atoms with E-state index in [0.717, 1.165) is 21.6 Å². The van der Waals surface area contributed by atoms with E-state index in [9.17, 15) is 27.2 Å². The Labute approximate surface area is 182 Å². The van der Waals surface area contributed by atoms with Crippen LogP contribution in [-0.4, -0.2) is 15.5 Å². The van der Waals surface area contributed by atoms with Gasteiger partial charge in [0.2, 0.25) is 5.91 Å². The molecule has 0 unspecified atom stereocenters. The molecule has 0 aliphatic heterocycles. The van der Waals surface area contributed by atoms with Crippen LogP contribution in [0.25, 0.3) is 11.0 Å². The molecule has 3 aromatic rings. The highest BCUT2D eigenvalue weighted by molar-refractivity contribution is 9.10. The highest BCUT2D eigenvalue weighted by Crippen LogP contribution is 2.35. The van der Waals surface area contributed by atoms with Crippen molar-refractivity contribution in [1.82, 2.24) is 9.55 Å². The maximum absolute atomic E-state index is 13.7. The van der Waals surface area contributed by atoms with Crippen LogP contribution in [-0.2, 0) is 11.0 Å². The fraction of sp³-hybridized carbons (Fsp3) is 0.333. The number of carbonyl (C=O) groups excluding carboxylic acids is 1. The molecule has 1 aliphatic rings. The molecule has 2 aromatic carbocycles.